The van der Waals surface area contributed by atoms with E-state index in [4.69, 9.17) is 4.74 Å². The van der Waals surface area contributed by atoms with Crippen LogP contribution in [-0.4, -0.2) is 17.7 Å². The van der Waals surface area contributed by atoms with Crippen LogP contribution in [0, 0.1) is 5.82 Å². The molecule has 3 aromatic rings. The van der Waals surface area contributed by atoms with E-state index in [1.807, 2.05) is 10.8 Å². The van der Waals surface area contributed by atoms with Crippen molar-refractivity contribution >= 4 is 5.69 Å². The van der Waals surface area contributed by atoms with Gasteiger partial charge in [0, 0.05) is 35.9 Å². The van der Waals surface area contributed by atoms with Gasteiger partial charge in [-0.05, 0) is 54.4 Å². The quantitative estimate of drug-likeness (QED) is 0.686. The fourth-order valence-corrected chi connectivity index (χ4v) is 3.27. The Morgan fingerprint density at radius 3 is 2.44 bits per heavy atom. The molecule has 0 unspecified atom stereocenters. The summed E-state index contributed by atoms with van der Waals surface area (Å²) >= 11 is 0. The molecule has 0 radical (unpaired) electrons. The van der Waals surface area contributed by atoms with Crippen LogP contribution >= 0.6 is 0 Å². The first kappa shape index (κ1) is 15.9. The molecule has 128 valence electrons. The minimum absolute atomic E-state index is 0.0887. The highest BCUT2D eigenvalue weighted by atomic mass is 19.1. The second kappa shape index (κ2) is 6.73. The third kappa shape index (κ3) is 3.17. The number of hydrogen-bond acceptors (Lipinski definition) is 2. The number of benzene rings is 2. The maximum absolute atomic E-state index is 13.1. The number of hydrogen-bond donors (Lipinski definition) is 0. The van der Waals surface area contributed by atoms with Gasteiger partial charge in [0.15, 0.2) is 6.23 Å². The molecule has 0 bridgehead atoms. The SMILES string of the molecule is CCc1ccc(N2CCO[C@@H]2c2ccn(-c3ccc(F)cc3)c2)cc1. The van der Waals surface area contributed by atoms with Crippen molar-refractivity contribution in [1.82, 2.24) is 4.57 Å². The topological polar surface area (TPSA) is 17.4 Å². The lowest BCUT2D eigenvalue weighted by Gasteiger charge is -2.24. The van der Waals surface area contributed by atoms with Crippen LogP contribution in [0.3, 0.4) is 0 Å². The van der Waals surface area contributed by atoms with Gasteiger partial charge < -0.3 is 14.2 Å². The number of aryl methyl sites for hydroxylation is 1. The van der Waals surface area contributed by atoms with Gasteiger partial charge in [-0.1, -0.05) is 19.1 Å². The first-order chi connectivity index (χ1) is 12.2. The molecule has 1 saturated heterocycles. The molecule has 4 heteroatoms. The zero-order chi connectivity index (χ0) is 17.2. The smallest absolute Gasteiger partial charge is 0.158 e. The number of rotatable bonds is 4. The van der Waals surface area contributed by atoms with Gasteiger partial charge in [0.25, 0.3) is 0 Å². The zero-order valence-electron chi connectivity index (χ0n) is 14.2. The van der Waals surface area contributed by atoms with E-state index in [1.165, 1.54) is 23.4 Å². The van der Waals surface area contributed by atoms with Crippen LogP contribution in [0.5, 0.6) is 0 Å². The summed E-state index contributed by atoms with van der Waals surface area (Å²) in [5.74, 6) is -0.225. The summed E-state index contributed by atoms with van der Waals surface area (Å²) in [6.07, 6.45) is 4.99. The maximum atomic E-state index is 13.1. The average Bonchev–Trinajstić information content (AvgIpc) is 3.31. The summed E-state index contributed by atoms with van der Waals surface area (Å²) in [5.41, 5.74) is 4.54. The second-order valence-corrected chi connectivity index (χ2v) is 6.27. The molecule has 2 heterocycles. The average molecular weight is 336 g/mol. The fourth-order valence-electron chi connectivity index (χ4n) is 3.27. The molecule has 4 rings (SSSR count). The molecule has 25 heavy (non-hydrogen) atoms. The van der Waals surface area contributed by atoms with Crippen molar-refractivity contribution in [1.29, 1.82) is 0 Å². The highest BCUT2D eigenvalue weighted by molar-refractivity contribution is 5.50. The van der Waals surface area contributed by atoms with E-state index in [9.17, 15) is 4.39 Å². The lowest BCUT2D eigenvalue weighted by molar-refractivity contribution is 0.114. The minimum Gasteiger partial charge on any atom is -0.352 e. The van der Waals surface area contributed by atoms with Crippen LogP contribution in [0.25, 0.3) is 5.69 Å². The molecule has 1 aliphatic heterocycles. The predicted molar refractivity (Wildman–Crippen MR) is 97.6 cm³/mol. The Hall–Kier alpha value is -2.59. The molecule has 0 amide bonds. The zero-order valence-corrected chi connectivity index (χ0v) is 14.2. The lowest BCUT2D eigenvalue weighted by Crippen LogP contribution is -2.22. The fraction of sp³-hybridized carbons (Fsp3) is 0.238. The van der Waals surface area contributed by atoms with Crippen molar-refractivity contribution in [2.75, 3.05) is 18.1 Å². The monoisotopic (exact) mass is 336 g/mol. The van der Waals surface area contributed by atoms with Crippen LogP contribution in [0.15, 0.2) is 67.0 Å². The van der Waals surface area contributed by atoms with E-state index in [1.54, 1.807) is 12.1 Å². The Balaban J connectivity index is 1.59. The van der Waals surface area contributed by atoms with E-state index >= 15 is 0 Å². The van der Waals surface area contributed by atoms with Crippen LogP contribution in [-0.2, 0) is 11.2 Å². The van der Waals surface area contributed by atoms with Crippen LogP contribution in [0.1, 0.15) is 24.3 Å². The Morgan fingerprint density at radius 1 is 1.00 bits per heavy atom. The Kier molecular flexibility index (Phi) is 4.28. The Labute approximate surface area is 147 Å². The molecule has 0 N–H and O–H groups in total. The number of halogens is 1. The first-order valence-electron chi connectivity index (χ1n) is 8.65. The molecule has 0 saturated carbocycles. The molecule has 2 aromatic carbocycles. The van der Waals surface area contributed by atoms with Crippen LogP contribution in [0.2, 0.25) is 0 Å². The number of ether oxygens (including phenoxy) is 1. The molecule has 1 aromatic heterocycles. The van der Waals surface area contributed by atoms with Crippen molar-refractivity contribution < 1.29 is 9.13 Å². The van der Waals surface area contributed by atoms with Crippen molar-refractivity contribution in [3.8, 4) is 5.69 Å². The van der Waals surface area contributed by atoms with Gasteiger partial charge >= 0.3 is 0 Å². The van der Waals surface area contributed by atoms with Crippen molar-refractivity contribution in [3.05, 3.63) is 83.9 Å². The molecule has 3 nitrogen and oxygen atoms in total. The third-order valence-corrected chi connectivity index (χ3v) is 4.69. The van der Waals surface area contributed by atoms with Crippen molar-refractivity contribution in [2.45, 2.75) is 19.6 Å². The molecule has 1 atom stereocenters. The Morgan fingerprint density at radius 2 is 1.72 bits per heavy atom. The molecular weight excluding hydrogens is 315 g/mol. The highest BCUT2D eigenvalue weighted by Gasteiger charge is 2.27. The van der Waals surface area contributed by atoms with E-state index < -0.39 is 0 Å². The van der Waals surface area contributed by atoms with Gasteiger partial charge in [-0.25, -0.2) is 4.39 Å². The van der Waals surface area contributed by atoms with Gasteiger partial charge in [-0.2, -0.15) is 0 Å². The molecule has 0 aliphatic carbocycles. The standard InChI is InChI=1S/C21H21FN2O/c1-2-16-3-7-20(8-4-16)24-13-14-25-21(24)17-11-12-23(15-17)19-9-5-18(22)6-10-19/h3-12,15,21H,2,13-14H2,1H3/t21-/m1/s1. The largest absolute Gasteiger partial charge is 0.352 e. The summed E-state index contributed by atoms with van der Waals surface area (Å²) in [7, 11) is 0. The van der Waals surface area contributed by atoms with Crippen LogP contribution in [0.4, 0.5) is 10.1 Å². The summed E-state index contributed by atoms with van der Waals surface area (Å²) in [6.45, 7) is 3.74. The highest BCUT2D eigenvalue weighted by Crippen LogP contribution is 2.32. The molecule has 0 spiro atoms. The summed E-state index contributed by atoms with van der Waals surface area (Å²) < 4.78 is 21.1. The van der Waals surface area contributed by atoms with Crippen molar-refractivity contribution in [3.63, 3.8) is 0 Å². The van der Waals surface area contributed by atoms with Gasteiger partial charge in [0.2, 0.25) is 0 Å². The maximum Gasteiger partial charge on any atom is 0.158 e. The van der Waals surface area contributed by atoms with Crippen LogP contribution < -0.4 is 4.90 Å². The minimum atomic E-state index is -0.225. The third-order valence-electron chi connectivity index (χ3n) is 4.69. The molecule has 1 fully saturated rings. The van der Waals surface area contributed by atoms with Gasteiger partial charge in [0.05, 0.1) is 6.61 Å². The Bertz CT molecular complexity index is 839. The number of nitrogens with zero attached hydrogens (tertiary/aromatic N) is 2. The molecular formula is C21H21FN2O. The van der Waals surface area contributed by atoms with Crippen molar-refractivity contribution in [2.24, 2.45) is 0 Å². The van der Waals surface area contributed by atoms with Gasteiger partial charge in [-0.15, -0.1) is 0 Å². The van der Waals surface area contributed by atoms with E-state index in [2.05, 4.69) is 48.4 Å². The summed E-state index contributed by atoms with van der Waals surface area (Å²) in [5, 5.41) is 0. The van der Waals surface area contributed by atoms with E-state index in [0.29, 0.717) is 6.61 Å². The van der Waals surface area contributed by atoms with E-state index in [-0.39, 0.29) is 12.0 Å². The number of aromatic nitrogens is 1. The second-order valence-electron chi connectivity index (χ2n) is 6.27. The predicted octanol–water partition coefficient (Wildman–Crippen LogP) is 4.71. The normalized spacial score (nSPS) is 17.2. The number of anilines is 1. The molecule has 1 aliphatic rings. The van der Waals surface area contributed by atoms with E-state index in [0.717, 1.165) is 24.2 Å². The van der Waals surface area contributed by atoms with Gasteiger partial charge in [0.1, 0.15) is 5.82 Å². The van der Waals surface area contributed by atoms with Gasteiger partial charge in [-0.3, -0.25) is 0 Å². The lowest BCUT2D eigenvalue weighted by atomic mass is 10.1. The first-order valence-corrected chi connectivity index (χ1v) is 8.65. The summed E-state index contributed by atoms with van der Waals surface area (Å²) in [6, 6.07) is 17.2. The summed E-state index contributed by atoms with van der Waals surface area (Å²) in [4.78, 5) is 2.28.